The zero-order chi connectivity index (χ0) is 19.1. The molecular weight excluding hydrogens is 454 g/mol. The van der Waals surface area contributed by atoms with Crippen LogP contribution in [0.1, 0.15) is 16.8 Å². The number of nitrogens with one attached hydrogen (secondary N) is 1. The minimum Gasteiger partial charge on any atom is -0.422 e. The van der Waals surface area contributed by atoms with Gasteiger partial charge in [-0.3, -0.25) is 9.69 Å². The summed E-state index contributed by atoms with van der Waals surface area (Å²) in [6, 6.07) is 5.33. The van der Waals surface area contributed by atoms with Crippen molar-refractivity contribution in [3.63, 3.8) is 0 Å². The Bertz CT molecular complexity index is 1160. The van der Waals surface area contributed by atoms with Crippen LogP contribution in [-0.2, 0) is 19.5 Å². The molecule has 0 amide bonds. The molecule has 0 saturated heterocycles. The number of halogens is 2. The standard InChI is InChI=1S/C18H15BrClN3O3S/c1-27-18-21-13-4-5-23(7-11(13)16(24)22-18)8-12-15(20)10-6-9(19)2-3-14(10)26-17(12)25/h2-3,6H,4-5,7-8H2,1H3,(H,21,22,24). The molecule has 0 spiro atoms. The van der Waals surface area contributed by atoms with Gasteiger partial charge in [0.05, 0.1) is 21.8 Å². The van der Waals surface area contributed by atoms with Gasteiger partial charge in [-0.2, -0.15) is 0 Å². The first-order valence-electron chi connectivity index (χ1n) is 8.25. The highest BCUT2D eigenvalue weighted by Gasteiger charge is 2.24. The molecule has 2 aromatic heterocycles. The van der Waals surface area contributed by atoms with Crippen LogP contribution >= 0.6 is 39.3 Å². The Morgan fingerprint density at radius 2 is 2.22 bits per heavy atom. The zero-order valence-corrected chi connectivity index (χ0v) is 17.5. The Labute approximate surface area is 172 Å². The Morgan fingerprint density at radius 3 is 3.00 bits per heavy atom. The fourth-order valence-electron chi connectivity index (χ4n) is 3.22. The topological polar surface area (TPSA) is 79.2 Å². The van der Waals surface area contributed by atoms with E-state index in [0.29, 0.717) is 58.3 Å². The number of hydrogen-bond acceptors (Lipinski definition) is 6. The van der Waals surface area contributed by atoms with Crippen molar-refractivity contribution in [3.05, 3.63) is 65.3 Å². The predicted molar refractivity (Wildman–Crippen MR) is 110 cm³/mol. The predicted octanol–water partition coefficient (Wildman–Crippen LogP) is 3.57. The monoisotopic (exact) mass is 467 g/mol. The summed E-state index contributed by atoms with van der Waals surface area (Å²) in [4.78, 5) is 34.1. The van der Waals surface area contributed by atoms with Gasteiger partial charge in [-0.1, -0.05) is 39.3 Å². The zero-order valence-electron chi connectivity index (χ0n) is 14.3. The molecule has 0 saturated carbocycles. The largest absolute Gasteiger partial charge is 0.422 e. The maximum Gasteiger partial charge on any atom is 0.342 e. The lowest BCUT2D eigenvalue weighted by molar-refractivity contribution is 0.238. The van der Waals surface area contributed by atoms with Crippen LogP contribution in [0.4, 0.5) is 0 Å². The van der Waals surface area contributed by atoms with Gasteiger partial charge in [0.15, 0.2) is 5.16 Å². The van der Waals surface area contributed by atoms with Crippen LogP contribution in [0.15, 0.2) is 41.8 Å². The number of thioether (sulfide) groups is 1. The van der Waals surface area contributed by atoms with Crippen molar-refractivity contribution in [2.75, 3.05) is 12.8 Å². The van der Waals surface area contributed by atoms with Crippen molar-refractivity contribution in [3.8, 4) is 0 Å². The lowest BCUT2D eigenvalue weighted by Crippen LogP contribution is -2.36. The molecule has 1 aliphatic heterocycles. The second kappa shape index (κ2) is 7.43. The minimum absolute atomic E-state index is 0.130. The Hall–Kier alpha value is -1.61. The summed E-state index contributed by atoms with van der Waals surface area (Å²) >= 11 is 11.3. The van der Waals surface area contributed by atoms with Gasteiger partial charge >= 0.3 is 5.63 Å². The molecule has 0 aliphatic carbocycles. The number of nitrogens with zero attached hydrogens (tertiary/aromatic N) is 2. The molecule has 9 heteroatoms. The number of fused-ring (bicyclic) bond motifs is 2. The molecule has 0 radical (unpaired) electrons. The molecule has 0 bridgehead atoms. The fraction of sp³-hybridized carbons (Fsp3) is 0.278. The molecule has 0 atom stereocenters. The van der Waals surface area contributed by atoms with Gasteiger partial charge in [0.25, 0.3) is 5.56 Å². The molecule has 3 heterocycles. The van der Waals surface area contributed by atoms with Crippen molar-refractivity contribution in [1.82, 2.24) is 14.9 Å². The van der Waals surface area contributed by atoms with E-state index in [0.717, 1.165) is 10.2 Å². The number of hydrogen-bond donors (Lipinski definition) is 1. The summed E-state index contributed by atoms with van der Waals surface area (Å²) in [6.45, 7) is 1.41. The van der Waals surface area contributed by atoms with Crippen molar-refractivity contribution < 1.29 is 4.42 Å². The van der Waals surface area contributed by atoms with Crippen LogP contribution in [0.25, 0.3) is 11.0 Å². The van der Waals surface area contributed by atoms with E-state index < -0.39 is 5.63 Å². The van der Waals surface area contributed by atoms with E-state index in [1.54, 1.807) is 12.1 Å². The quantitative estimate of drug-likeness (QED) is 0.360. The third-order valence-electron chi connectivity index (χ3n) is 4.59. The summed E-state index contributed by atoms with van der Waals surface area (Å²) in [5.74, 6) is 0. The first kappa shape index (κ1) is 18.7. The van der Waals surface area contributed by atoms with E-state index in [2.05, 4.69) is 25.9 Å². The van der Waals surface area contributed by atoms with Gasteiger partial charge in [0, 0.05) is 35.9 Å². The Balaban J connectivity index is 1.68. The minimum atomic E-state index is -0.453. The van der Waals surface area contributed by atoms with E-state index in [-0.39, 0.29) is 5.56 Å². The molecule has 6 nitrogen and oxygen atoms in total. The van der Waals surface area contributed by atoms with Gasteiger partial charge in [0.1, 0.15) is 5.58 Å². The Morgan fingerprint density at radius 1 is 1.41 bits per heavy atom. The number of rotatable bonds is 3. The molecule has 140 valence electrons. The third-order valence-corrected chi connectivity index (χ3v) is 6.10. The van der Waals surface area contributed by atoms with Gasteiger partial charge in [-0.25, -0.2) is 9.78 Å². The molecule has 0 fully saturated rings. The average molecular weight is 469 g/mol. The maximum absolute atomic E-state index is 12.4. The van der Waals surface area contributed by atoms with Gasteiger partial charge < -0.3 is 9.40 Å². The highest BCUT2D eigenvalue weighted by molar-refractivity contribution is 9.10. The van der Waals surface area contributed by atoms with Crippen LogP contribution in [0.5, 0.6) is 0 Å². The van der Waals surface area contributed by atoms with Gasteiger partial charge in [-0.05, 0) is 24.5 Å². The van der Waals surface area contributed by atoms with Gasteiger partial charge in [-0.15, -0.1) is 0 Å². The molecule has 1 aromatic carbocycles. The average Bonchev–Trinajstić information content (AvgIpc) is 2.66. The summed E-state index contributed by atoms with van der Waals surface area (Å²) in [6.07, 6.45) is 2.52. The van der Waals surface area contributed by atoms with Crippen molar-refractivity contribution in [2.24, 2.45) is 0 Å². The first-order valence-corrected chi connectivity index (χ1v) is 10.6. The number of aromatic amines is 1. The second-order valence-electron chi connectivity index (χ2n) is 6.28. The smallest absolute Gasteiger partial charge is 0.342 e. The van der Waals surface area contributed by atoms with Crippen molar-refractivity contribution in [1.29, 1.82) is 0 Å². The Kier molecular flexibility index (Phi) is 5.15. The maximum atomic E-state index is 12.4. The van der Waals surface area contributed by atoms with Crippen LogP contribution in [0.3, 0.4) is 0 Å². The van der Waals surface area contributed by atoms with E-state index in [4.69, 9.17) is 16.0 Å². The molecule has 1 aliphatic rings. The summed E-state index contributed by atoms with van der Waals surface area (Å²) in [5.41, 5.74) is 1.73. The highest BCUT2D eigenvalue weighted by Crippen LogP contribution is 2.29. The molecule has 1 N–H and O–H groups in total. The fourth-order valence-corrected chi connectivity index (χ4v) is 4.27. The molecule has 4 rings (SSSR count). The lowest BCUT2D eigenvalue weighted by Gasteiger charge is -2.27. The normalized spacial score (nSPS) is 14.5. The number of H-pyrrole nitrogens is 1. The van der Waals surface area contributed by atoms with E-state index >= 15 is 0 Å². The van der Waals surface area contributed by atoms with Crippen molar-refractivity contribution in [2.45, 2.75) is 24.7 Å². The molecule has 3 aromatic rings. The second-order valence-corrected chi connectivity index (χ2v) is 8.37. The van der Waals surface area contributed by atoms with Crippen LogP contribution in [0, 0.1) is 0 Å². The summed E-state index contributed by atoms with van der Waals surface area (Å²) < 4.78 is 6.28. The SMILES string of the molecule is CSc1nc2c(c(=O)[nH]1)CN(Cc1c(Cl)c3cc(Br)ccc3oc1=O)CC2. The third kappa shape index (κ3) is 3.59. The number of benzene rings is 1. The first-order chi connectivity index (χ1) is 13.0. The molecule has 27 heavy (non-hydrogen) atoms. The number of aromatic nitrogens is 2. The highest BCUT2D eigenvalue weighted by atomic mass is 79.9. The van der Waals surface area contributed by atoms with Gasteiger partial charge in [0.2, 0.25) is 0 Å². The van der Waals surface area contributed by atoms with E-state index in [1.165, 1.54) is 11.8 Å². The molecular formula is C18H15BrClN3O3S. The lowest BCUT2D eigenvalue weighted by atomic mass is 10.1. The summed E-state index contributed by atoms with van der Waals surface area (Å²) in [7, 11) is 0. The van der Waals surface area contributed by atoms with Crippen molar-refractivity contribution >= 4 is 50.3 Å². The van der Waals surface area contributed by atoms with Crippen LogP contribution in [0.2, 0.25) is 5.02 Å². The summed E-state index contributed by atoms with van der Waals surface area (Å²) in [5, 5.41) is 1.69. The van der Waals surface area contributed by atoms with Crippen LogP contribution < -0.4 is 11.2 Å². The van der Waals surface area contributed by atoms with E-state index in [1.807, 2.05) is 17.2 Å². The molecule has 0 unspecified atom stereocenters. The van der Waals surface area contributed by atoms with Crippen LogP contribution in [-0.4, -0.2) is 27.7 Å². The van der Waals surface area contributed by atoms with E-state index in [9.17, 15) is 9.59 Å².